The van der Waals surface area contributed by atoms with E-state index in [-0.39, 0.29) is 6.09 Å². The van der Waals surface area contributed by atoms with Crippen molar-refractivity contribution in [1.29, 1.82) is 0 Å². The number of rotatable bonds is 3. The van der Waals surface area contributed by atoms with E-state index < -0.39 is 5.60 Å². The number of likely N-dealkylation sites (tertiary alicyclic amines) is 1. The Labute approximate surface area is 154 Å². The lowest BCUT2D eigenvalue weighted by Crippen LogP contribution is -2.43. The Hall–Kier alpha value is -2.37. The Kier molecular flexibility index (Phi) is 5.30. The Morgan fingerprint density at radius 3 is 2.85 bits per heavy atom. The summed E-state index contributed by atoms with van der Waals surface area (Å²) in [5, 5.41) is 4.12. The molecule has 0 radical (unpaired) electrons. The largest absolute Gasteiger partial charge is 0.444 e. The molecule has 0 unspecified atom stereocenters. The quantitative estimate of drug-likeness (QED) is 0.822. The second-order valence-corrected chi connectivity index (χ2v) is 7.97. The molecule has 26 heavy (non-hydrogen) atoms. The third-order valence-electron chi connectivity index (χ3n) is 4.49. The number of hydrogen-bond donors (Lipinski definition) is 0. The van der Waals surface area contributed by atoms with Gasteiger partial charge in [0.2, 0.25) is 11.7 Å². The summed E-state index contributed by atoms with van der Waals surface area (Å²) < 4.78 is 10.9. The van der Waals surface area contributed by atoms with Crippen LogP contribution in [-0.4, -0.2) is 39.8 Å². The molecule has 0 bridgehead atoms. The fourth-order valence-electron chi connectivity index (χ4n) is 3.24. The highest BCUT2D eigenvalue weighted by Gasteiger charge is 2.28. The van der Waals surface area contributed by atoms with E-state index in [9.17, 15) is 4.79 Å². The molecule has 1 amide bonds. The van der Waals surface area contributed by atoms with Crippen LogP contribution in [0.3, 0.4) is 0 Å². The van der Waals surface area contributed by atoms with Gasteiger partial charge in [0.25, 0.3) is 0 Å². The first kappa shape index (κ1) is 18.4. The lowest BCUT2D eigenvalue weighted by atomic mass is 9.95. The van der Waals surface area contributed by atoms with Crippen molar-refractivity contribution in [2.75, 3.05) is 13.1 Å². The molecule has 2 aromatic rings. The number of ether oxygens (including phenoxy) is 1. The van der Waals surface area contributed by atoms with Crippen LogP contribution in [0.2, 0.25) is 0 Å². The van der Waals surface area contributed by atoms with Crippen molar-refractivity contribution in [2.24, 2.45) is 5.92 Å². The maximum Gasteiger partial charge on any atom is 0.410 e. The molecule has 2 heterocycles. The topological polar surface area (TPSA) is 68.5 Å². The first-order valence-electron chi connectivity index (χ1n) is 9.18. The summed E-state index contributed by atoms with van der Waals surface area (Å²) in [6.45, 7) is 9.10. The first-order valence-corrected chi connectivity index (χ1v) is 9.18. The average Bonchev–Trinajstić information content (AvgIpc) is 3.02. The molecule has 0 aliphatic carbocycles. The van der Waals surface area contributed by atoms with E-state index >= 15 is 0 Å². The molecule has 0 N–H and O–H groups in total. The van der Waals surface area contributed by atoms with Crippen LogP contribution in [-0.2, 0) is 11.2 Å². The van der Waals surface area contributed by atoms with Crippen molar-refractivity contribution in [1.82, 2.24) is 15.0 Å². The molecule has 1 aromatic carbocycles. The Morgan fingerprint density at radius 2 is 2.12 bits per heavy atom. The zero-order valence-electron chi connectivity index (χ0n) is 16.0. The van der Waals surface area contributed by atoms with Crippen molar-refractivity contribution in [3.63, 3.8) is 0 Å². The van der Waals surface area contributed by atoms with Gasteiger partial charge in [-0.05, 0) is 52.0 Å². The maximum absolute atomic E-state index is 12.3. The van der Waals surface area contributed by atoms with Gasteiger partial charge in [0.1, 0.15) is 5.60 Å². The lowest BCUT2D eigenvalue weighted by molar-refractivity contribution is 0.0162. The summed E-state index contributed by atoms with van der Waals surface area (Å²) in [5.41, 5.74) is 1.63. The minimum atomic E-state index is -0.473. The van der Waals surface area contributed by atoms with Crippen molar-refractivity contribution in [3.05, 3.63) is 35.7 Å². The highest BCUT2D eigenvalue weighted by atomic mass is 16.6. The maximum atomic E-state index is 12.3. The van der Waals surface area contributed by atoms with Crippen molar-refractivity contribution < 1.29 is 14.1 Å². The molecule has 1 aromatic heterocycles. The third kappa shape index (κ3) is 4.62. The minimum absolute atomic E-state index is 0.242. The number of aryl methyl sites for hydroxylation is 1. The Bertz CT molecular complexity index is 764. The van der Waals surface area contributed by atoms with E-state index in [1.165, 1.54) is 0 Å². The predicted molar refractivity (Wildman–Crippen MR) is 98.7 cm³/mol. The van der Waals surface area contributed by atoms with Gasteiger partial charge < -0.3 is 14.2 Å². The first-order chi connectivity index (χ1) is 12.3. The van der Waals surface area contributed by atoms with Gasteiger partial charge >= 0.3 is 6.09 Å². The standard InChI is InChI=1S/C20H27N3O3/c1-14-8-5-6-10-16(14)18-21-17(26-22-18)12-15-9-7-11-23(13-15)19(24)25-20(2,3)4/h5-6,8,10,15H,7,9,11-13H2,1-4H3/t15-/m1/s1. The van der Waals surface area contributed by atoms with Gasteiger partial charge in [0, 0.05) is 25.1 Å². The van der Waals surface area contributed by atoms with Crippen LogP contribution < -0.4 is 0 Å². The second-order valence-electron chi connectivity index (χ2n) is 7.97. The number of benzene rings is 1. The van der Waals surface area contributed by atoms with E-state index in [4.69, 9.17) is 9.26 Å². The molecule has 1 aliphatic rings. The second kappa shape index (κ2) is 7.48. The zero-order valence-corrected chi connectivity index (χ0v) is 16.0. The van der Waals surface area contributed by atoms with Crippen molar-refractivity contribution in [2.45, 2.75) is 52.6 Å². The van der Waals surface area contributed by atoms with Crippen molar-refractivity contribution >= 4 is 6.09 Å². The van der Waals surface area contributed by atoms with E-state index in [0.29, 0.717) is 30.6 Å². The summed E-state index contributed by atoms with van der Waals surface area (Å²) >= 11 is 0. The molecule has 0 saturated carbocycles. The van der Waals surface area contributed by atoms with E-state index in [0.717, 1.165) is 30.5 Å². The molecular weight excluding hydrogens is 330 g/mol. The minimum Gasteiger partial charge on any atom is -0.444 e. The molecule has 1 fully saturated rings. The third-order valence-corrected chi connectivity index (χ3v) is 4.49. The van der Waals surface area contributed by atoms with Crippen LogP contribution in [0.4, 0.5) is 4.79 Å². The van der Waals surface area contributed by atoms with Gasteiger partial charge in [-0.2, -0.15) is 4.98 Å². The normalized spacial score (nSPS) is 18.0. The van der Waals surface area contributed by atoms with Crippen LogP contribution in [0.25, 0.3) is 11.4 Å². The van der Waals surface area contributed by atoms with Crippen molar-refractivity contribution in [3.8, 4) is 11.4 Å². The molecular formula is C20H27N3O3. The summed E-state index contributed by atoms with van der Waals surface area (Å²) in [4.78, 5) is 18.6. The Balaban J connectivity index is 1.63. The molecule has 6 heteroatoms. The predicted octanol–water partition coefficient (Wildman–Crippen LogP) is 4.23. The molecule has 1 atom stereocenters. The highest BCUT2D eigenvalue weighted by Crippen LogP contribution is 2.24. The van der Waals surface area contributed by atoms with Gasteiger partial charge in [0.15, 0.2) is 0 Å². The molecule has 140 valence electrons. The fraction of sp³-hybridized carbons (Fsp3) is 0.550. The van der Waals surface area contributed by atoms with Gasteiger partial charge in [0.05, 0.1) is 0 Å². The number of hydrogen-bond acceptors (Lipinski definition) is 5. The summed E-state index contributed by atoms with van der Waals surface area (Å²) in [6.07, 6.45) is 2.44. The zero-order chi connectivity index (χ0) is 18.7. The van der Waals surface area contributed by atoms with Gasteiger partial charge in [-0.1, -0.05) is 29.4 Å². The van der Waals surface area contributed by atoms with E-state index in [1.54, 1.807) is 4.90 Å². The lowest BCUT2D eigenvalue weighted by Gasteiger charge is -2.33. The monoisotopic (exact) mass is 357 g/mol. The number of carbonyl (C=O) groups is 1. The van der Waals surface area contributed by atoms with Crippen LogP contribution in [0.1, 0.15) is 45.1 Å². The molecule has 6 nitrogen and oxygen atoms in total. The van der Waals surface area contributed by atoms with Gasteiger partial charge in [-0.15, -0.1) is 0 Å². The highest BCUT2D eigenvalue weighted by molar-refractivity contribution is 5.68. The van der Waals surface area contributed by atoms with Gasteiger partial charge in [-0.25, -0.2) is 4.79 Å². The smallest absolute Gasteiger partial charge is 0.410 e. The number of amides is 1. The summed E-state index contributed by atoms with van der Waals surface area (Å²) in [5.74, 6) is 1.55. The summed E-state index contributed by atoms with van der Waals surface area (Å²) in [7, 11) is 0. The van der Waals surface area contributed by atoms with Crippen LogP contribution in [0.5, 0.6) is 0 Å². The van der Waals surface area contributed by atoms with Crippen LogP contribution >= 0.6 is 0 Å². The molecule has 1 aliphatic heterocycles. The fourth-order valence-corrected chi connectivity index (χ4v) is 3.24. The van der Waals surface area contributed by atoms with Gasteiger partial charge in [-0.3, -0.25) is 0 Å². The average molecular weight is 357 g/mol. The van der Waals surface area contributed by atoms with E-state index in [2.05, 4.69) is 10.1 Å². The number of aromatic nitrogens is 2. The molecule has 1 saturated heterocycles. The van der Waals surface area contributed by atoms with Crippen LogP contribution in [0, 0.1) is 12.8 Å². The SMILES string of the molecule is Cc1ccccc1-c1noc(C[C@H]2CCCN(C(=O)OC(C)(C)C)C2)n1. The Morgan fingerprint density at radius 1 is 1.35 bits per heavy atom. The molecule has 0 spiro atoms. The summed E-state index contributed by atoms with van der Waals surface area (Å²) in [6, 6.07) is 7.99. The molecule has 3 rings (SSSR count). The van der Waals surface area contributed by atoms with Crippen LogP contribution in [0.15, 0.2) is 28.8 Å². The number of piperidine rings is 1. The number of nitrogens with zero attached hydrogens (tertiary/aromatic N) is 3. The van der Waals surface area contributed by atoms with E-state index in [1.807, 2.05) is 52.0 Å². The number of carbonyl (C=O) groups excluding carboxylic acids is 1.